The molecule has 0 fully saturated rings. The highest BCUT2D eigenvalue weighted by Gasteiger charge is 2.08. The number of hydrogen-bond acceptors (Lipinski definition) is 3. The van der Waals surface area contributed by atoms with Crippen LogP contribution in [0.4, 0.5) is 5.69 Å². The van der Waals surface area contributed by atoms with Crippen LogP contribution < -0.4 is 5.32 Å². The van der Waals surface area contributed by atoms with Crippen LogP contribution in [0.15, 0.2) is 24.3 Å². The van der Waals surface area contributed by atoms with Gasteiger partial charge in [-0.15, -0.1) is 0 Å². The normalized spacial score (nSPS) is 9.62. The quantitative estimate of drug-likeness (QED) is 0.823. The minimum atomic E-state index is -0.408. The van der Waals surface area contributed by atoms with Crippen molar-refractivity contribution in [1.82, 2.24) is 0 Å². The first kappa shape index (κ1) is 12.5. The van der Waals surface area contributed by atoms with Gasteiger partial charge in [-0.25, -0.2) is 0 Å². The number of ether oxygens (including phenoxy) is 1. The second kappa shape index (κ2) is 6.12. The summed E-state index contributed by atoms with van der Waals surface area (Å²) in [6, 6.07) is 6.91. The number of hydrogen-bond donors (Lipinski definition) is 1. The van der Waals surface area contributed by atoms with Gasteiger partial charge in [0, 0.05) is 6.42 Å². The van der Waals surface area contributed by atoms with Crippen molar-refractivity contribution < 1.29 is 14.3 Å². The zero-order valence-electron chi connectivity index (χ0n) is 8.83. The van der Waals surface area contributed by atoms with Gasteiger partial charge in [-0.2, -0.15) is 0 Å². The number of para-hydroxylation sites is 1. The van der Waals surface area contributed by atoms with E-state index >= 15 is 0 Å². The third kappa shape index (κ3) is 3.90. The summed E-state index contributed by atoms with van der Waals surface area (Å²) in [5.74, 6) is -0.673. The second-order valence-electron chi connectivity index (χ2n) is 3.10. The van der Waals surface area contributed by atoms with Crippen LogP contribution in [0.5, 0.6) is 0 Å². The number of amides is 1. The van der Waals surface area contributed by atoms with E-state index in [2.05, 4.69) is 10.1 Å². The van der Waals surface area contributed by atoms with Crippen molar-refractivity contribution >= 4 is 29.2 Å². The number of nitrogens with one attached hydrogen (secondary N) is 1. The highest BCUT2D eigenvalue weighted by atomic mass is 35.5. The Morgan fingerprint density at radius 3 is 2.62 bits per heavy atom. The van der Waals surface area contributed by atoms with Gasteiger partial charge >= 0.3 is 5.97 Å². The average molecular weight is 242 g/mol. The Labute approximate surface area is 98.5 Å². The van der Waals surface area contributed by atoms with Crippen molar-refractivity contribution in [3.63, 3.8) is 0 Å². The molecule has 0 saturated carbocycles. The summed E-state index contributed by atoms with van der Waals surface area (Å²) >= 11 is 5.85. The Kier molecular flexibility index (Phi) is 4.79. The minimum Gasteiger partial charge on any atom is -0.469 e. The summed E-state index contributed by atoms with van der Waals surface area (Å²) in [4.78, 5) is 22.2. The van der Waals surface area contributed by atoms with Gasteiger partial charge in [-0.1, -0.05) is 23.7 Å². The van der Waals surface area contributed by atoms with E-state index in [9.17, 15) is 9.59 Å². The molecule has 0 spiro atoms. The molecule has 0 unspecified atom stereocenters. The van der Waals surface area contributed by atoms with Crippen LogP contribution in [0.2, 0.25) is 5.02 Å². The van der Waals surface area contributed by atoms with Crippen molar-refractivity contribution in [3.05, 3.63) is 29.3 Å². The number of esters is 1. The number of rotatable bonds is 4. The fourth-order valence-corrected chi connectivity index (χ4v) is 1.28. The van der Waals surface area contributed by atoms with Crippen LogP contribution in [0.3, 0.4) is 0 Å². The Hall–Kier alpha value is -1.55. The SMILES string of the molecule is COC(=O)CCC(=O)Nc1ccccc1Cl. The highest BCUT2D eigenvalue weighted by Crippen LogP contribution is 2.20. The van der Waals surface area contributed by atoms with Crippen LogP contribution in [0, 0.1) is 0 Å². The summed E-state index contributed by atoms with van der Waals surface area (Å²) in [5, 5.41) is 3.08. The summed E-state index contributed by atoms with van der Waals surface area (Å²) in [5.41, 5.74) is 0.541. The molecule has 4 nitrogen and oxygen atoms in total. The Balaban J connectivity index is 2.46. The van der Waals surface area contributed by atoms with Gasteiger partial charge in [0.2, 0.25) is 5.91 Å². The molecule has 1 N–H and O–H groups in total. The van der Waals surface area contributed by atoms with Gasteiger partial charge in [0.15, 0.2) is 0 Å². The maximum absolute atomic E-state index is 11.4. The molecule has 0 aliphatic heterocycles. The topological polar surface area (TPSA) is 55.4 Å². The van der Waals surface area contributed by atoms with E-state index in [4.69, 9.17) is 11.6 Å². The van der Waals surface area contributed by atoms with E-state index in [-0.39, 0.29) is 18.7 Å². The number of methoxy groups -OCH3 is 1. The predicted molar refractivity (Wildman–Crippen MR) is 61.3 cm³/mol. The van der Waals surface area contributed by atoms with Crippen molar-refractivity contribution in [1.29, 1.82) is 0 Å². The van der Waals surface area contributed by atoms with Crippen molar-refractivity contribution in [2.24, 2.45) is 0 Å². The van der Waals surface area contributed by atoms with Crippen molar-refractivity contribution in [2.75, 3.05) is 12.4 Å². The van der Waals surface area contributed by atoms with E-state index in [0.29, 0.717) is 10.7 Å². The number of carbonyl (C=O) groups excluding carboxylic acids is 2. The van der Waals surface area contributed by atoms with Crippen LogP contribution in [-0.4, -0.2) is 19.0 Å². The third-order valence-corrected chi connectivity index (χ3v) is 2.26. The largest absolute Gasteiger partial charge is 0.469 e. The second-order valence-corrected chi connectivity index (χ2v) is 3.51. The fraction of sp³-hybridized carbons (Fsp3) is 0.273. The molecule has 0 aliphatic rings. The smallest absolute Gasteiger partial charge is 0.306 e. The molecule has 0 aliphatic carbocycles. The molecular formula is C11H12ClNO3. The number of anilines is 1. The zero-order valence-corrected chi connectivity index (χ0v) is 9.58. The molecule has 5 heteroatoms. The molecule has 0 aromatic heterocycles. The molecular weight excluding hydrogens is 230 g/mol. The third-order valence-electron chi connectivity index (χ3n) is 1.93. The molecule has 0 bridgehead atoms. The average Bonchev–Trinajstić information content (AvgIpc) is 2.29. The minimum absolute atomic E-state index is 0.0623. The van der Waals surface area contributed by atoms with Crippen LogP contribution in [0.25, 0.3) is 0 Å². The monoisotopic (exact) mass is 241 g/mol. The lowest BCUT2D eigenvalue weighted by Crippen LogP contribution is -2.14. The molecule has 0 atom stereocenters. The number of benzene rings is 1. The molecule has 0 radical (unpaired) electrons. The summed E-state index contributed by atoms with van der Waals surface area (Å²) in [7, 11) is 1.29. The summed E-state index contributed by atoms with van der Waals surface area (Å²) < 4.78 is 4.43. The molecule has 0 heterocycles. The highest BCUT2D eigenvalue weighted by molar-refractivity contribution is 6.33. The lowest BCUT2D eigenvalue weighted by Gasteiger charge is -2.06. The van der Waals surface area contributed by atoms with Gasteiger partial charge in [0.1, 0.15) is 0 Å². The van der Waals surface area contributed by atoms with Gasteiger partial charge in [-0.3, -0.25) is 9.59 Å². The molecule has 16 heavy (non-hydrogen) atoms. The molecule has 1 aromatic rings. The van der Waals surface area contributed by atoms with Crippen molar-refractivity contribution in [2.45, 2.75) is 12.8 Å². The standard InChI is InChI=1S/C11H12ClNO3/c1-16-11(15)7-6-10(14)13-9-5-3-2-4-8(9)12/h2-5H,6-7H2,1H3,(H,13,14). The van der Waals surface area contributed by atoms with E-state index in [1.165, 1.54) is 7.11 Å². The Morgan fingerprint density at radius 2 is 2.00 bits per heavy atom. The molecule has 0 saturated heterocycles. The summed E-state index contributed by atoms with van der Waals surface area (Å²) in [6.07, 6.45) is 0.144. The Bertz CT molecular complexity index is 393. The van der Waals surface area contributed by atoms with Gasteiger partial charge in [0.05, 0.1) is 24.2 Å². The molecule has 1 aromatic carbocycles. The molecule has 86 valence electrons. The van der Waals surface area contributed by atoms with E-state index in [1.807, 2.05) is 0 Å². The van der Waals surface area contributed by atoms with Gasteiger partial charge in [-0.05, 0) is 12.1 Å². The van der Waals surface area contributed by atoms with Gasteiger partial charge in [0.25, 0.3) is 0 Å². The summed E-state index contributed by atoms with van der Waals surface area (Å²) in [6.45, 7) is 0. The van der Waals surface area contributed by atoms with Crippen LogP contribution in [-0.2, 0) is 14.3 Å². The zero-order chi connectivity index (χ0) is 12.0. The first-order chi connectivity index (χ1) is 7.63. The van der Waals surface area contributed by atoms with E-state index < -0.39 is 5.97 Å². The first-order valence-electron chi connectivity index (χ1n) is 4.74. The lowest BCUT2D eigenvalue weighted by atomic mass is 10.2. The maximum atomic E-state index is 11.4. The number of halogens is 1. The van der Waals surface area contributed by atoms with Gasteiger partial charge < -0.3 is 10.1 Å². The van der Waals surface area contributed by atoms with Crippen molar-refractivity contribution in [3.8, 4) is 0 Å². The fourth-order valence-electron chi connectivity index (χ4n) is 1.09. The van der Waals surface area contributed by atoms with Crippen LogP contribution in [0.1, 0.15) is 12.8 Å². The number of carbonyl (C=O) groups is 2. The lowest BCUT2D eigenvalue weighted by molar-refractivity contribution is -0.141. The maximum Gasteiger partial charge on any atom is 0.306 e. The van der Waals surface area contributed by atoms with Crippen LogP contribution >= 0.6 is 11.6 Å². The van der Waals surface area contributed by atoms with E-state index in [0.717, 1.165) is 0 Å². The predicted octanol–water partition coefficient (Wildman–Crippen LogP) is 2.23. The Morgan fingerprint density at radius 1 is 1.31 bits per heavy atom. The van der Waals surface area contributed by atoms with E-state index in [1.54, 1.807) is 24.3 Å². The first-order valence-corrected chi connectivity index (χ1v) is 5.12. The molecule has 1 amide bonds. The molecule has 1 rings (SSSR count).